The summed E-state index contributed by atoms with van der Waals surface area (Å²) in [5.74, 6) is 0.319. The molecule has 0 fully saturated rings. The van der Waals surface area contributed by atoms with Crippen molar-refractivity contribution in [3.05, 3.63) is 138 Å². The molecule has 1 unspecified atom stereocenters. The average molecular weight is 588 g/mol. The summed E-state index contributed by atoms with van der Waals surface area (Å²) in [4.78, 5) is 8.36. The fraction of sp³-hybridized carbons (Fsp3) is 0.176. The van der Waals surface area contributed by atoms with Gasteiger partial charge >= 0.3 is 0 Å². The van der Waals surface area contributed by atoms with E-state index in [1.807, 2.05) is 18.3 Å². The quantitative estimate of drug-likeness (QED) is 0.195. The number of aromatic nitrogens is 2. The molecule has 1 aliphatic heterocycles. The Labute approximate surface area is 248 Å². The lowest BCUT2D eigenvalue weighted by Crippen LogP contribution is -2.34. The minimum atomic E-state index is -0.272. The van der Waals surface area contributed by atoms with Gasteiger partial charge in [-0.15, -0.1) is 11.6 Å². The zero-order valence-corrected chi connectivity index (χ0v) is 23.5. The predicted octanol–water partition coefficient (Wildman–Crippen LogP) is 8.14. The van der Waals surface area contributed by atoms with E-state index >= 15 is 0 Å². The normalized spacial score (nSPS) is 13.9. The third kappa shape index (κ3) is 7.96. The zero-order chi connectivity index (χ0) is 29.3. The Morgan fingerprint density at radius 1 is 0.690 bits per heavy atom. The molecule has 3 aromatic carbocycles. The average Bonchev–Trinajstić information content (AvgIpc) is 3.02. The SMILES string of the molecule is Fc1ccc(-c2cncc(CCl)c2)cc1.Fc1ccc(-c2cncc(CNCC3CCc4ccc(F)cc4O3)c2)cc1. The van der Waals surface area contributed by atoms with Gasteiger partial charge in [-0.25, -0.2) is 13.2 Å². The summed E-state index contributed by atoms with van der Waals surface area (Å²) in [6.45, 7) is 1.33. The third-order valence-corrected chi connectivity index (χ3v) is 7.17. The standard InChI is InChI=1S/C22H20F2N2O.C12H9ClFN/c23-19-5-1-16(2-6-19)18-9-15(11-25-13-18)12-26-14-21-8-4-17-3-7-20(24)10-22(17)27-21;13-6-9-5-11(8-15-7-9)10-1-3-12(14)4-2-10/h1-3,5-7,9-11,13,21,26H,4,8,12,14H2;1-5,7-8H,6H2. The molecule has 1 aliphatic rings. The number of ether oxygens (including phenoxy) is 1. The molecule has 5 aromatic rings. The van der Waals surface area contributed by atoms with E-state index in [1.54, 1.807) is 48.9 Å². The number of aryl methyl sites for hydroxylation is 1. The molecule has 0 aliphatic carbocycles. The summed E-state index contributed by atoms with van der Waals surface area (Å²) >= 11 is 5.71. The molecule has 42 heavy (non-hydrogen) atoms. The summed E-state index contributed by atoms with van der Waals surface area (Å²) in [6.07, 6.45) is 8.86. The van der Waals surface area contributed by atoms with Crippen LogP contribution in [0.15, 0.2) is 104 Å². The number of alkyl halides is 1. The van der Waals surface area contributed by atoms with Crippen LogP contribution in [-0.4, -0.2) is 22.6 Å². The highest BCUT2D eigenvalue weighted by Crippen LogP contribution is 2.28. The molecule has 2 aromatic heterocycles. The summed E-state index contributed by atoms with van der Waals surface area (Å²) in [6, 6.07) is 21.4. The van der Waals surface area contributed by atoms with Crippen LogP contribution in [-0.2, 0) is 18.8 Å². The number of fused-ring (bicyclic) bond motifs is 1. The van der Waals surface area contributed by atoms with Gasteiger partial charge in [0.1, 0.15) is 29.3 Å². The molecule has 214 valence electrons. The van der Waals surface area contributed by atoms with E-state index in [1.165, 1.54) is 36.4 Å². The Bertz CT molecular complexity index is 1610. The number of hydrogen-bond acceptors (Lipinski definition) is 4. The Morgan fingerprint density at radius 3 is 1.88 bits per heavy atom. The monoisotopic (exact) mass is 587 g/mol. The van der Waals surface area contributed by atoms with Crippen LogP contribution in [0.1, 0.15) is 23.1 Å². The van der Waals surface area contributed by atoms with Gasteiger partial charge in [0.05, 0.1) is 0 Å². The molecular weight excluding hydrogens is 559 g/mol. The minimum Gasteiger partial charge on any atom is -0.489 e. The van der Waals surface area contributed by atoms with Gasteiger partial charge in [-0.2, -0.15) is 0 Å². The van der Waals surface area contributed by atoms with Gasteiger partial charge in [0.2, 0.25) is 0 Å². The largest absolute Gasteiger partial charge is 0.489 e. The maximum Gasteiger partial charge on any atom is 0.126 e. The van der Waals surface area contributed by atoms with E-state index < -0.39 is 0 Å². The van der Waals surface area contributed by atoms with E-state index in [0.717, 1.165) is 51.8 Å². The Kier molecular flexibility index (Phi) is 9.85. The van der Waals surface area contributed by atoms with Gasteiger partial charge in [0, 0.05) is 61.0 Å². The Balaban J connectivity index is 0.000000199. The van der Waals surface area contributed by atoms with E-state index in [4.69, 9.17) is 16.3 Å². The molecule has 1 atom stereocenters. The maximum atomic E-state index is 13.4. The first-order valence-electron chi connectivity index (χ1n) is 13.6. The summed E-state index contributed by atoms with van der Waals surface area (Å²) < 4.78 is 45.1. The molecule has 0 bridgehead atoms. The first-order chi connectivity index (χ1) is 20.5. The number of hydrogen-bond donors (Lipinski definition) is 1. The molecule has 0 spiro atoms. The predicted molar refractivity (Wildman–Crippen MR) is 160 cm³/mol. The smallest absolute Gasteiger partial charge is 0.126 e. The van der Waals surface area contributed by atoms with Gasteiger partial charge < -0.3 is 10.1 Å². The molecule has 1 N–H and O–H groups in total. The highest BCUT2D eigenvalue weighted by Gasteiger charge is 2.19. The number of nitrogens with zero attached hydrogens (tertiary/aromatic N) is 2. The first-order valence-corrected chi connectivity index (χ1v) is 14.1. The molecular formula is C34H29ClF3N3O. The van der Waals surface area contributed by atoms with Gasteiger partial charge in [-0.3, -0.25) is 9.97 Å². The van der Waals surface area contributed by atoms with Gasteiger partial charge in [-0.1, -0.05) is 30.3 Å². The fourth-order valence-corrected chi connectivity index (χ4v) is 4.81. The topological polar surface area (TPSA) is 47.0 Å². The van der Waals surface area contributed by atoms with Crippen molar-refractivity contribution in [3.8, 4) is 28.0 Å². The van der Waals surface area contributed by atoms with Gasteiger partial charge in [-0.05, 0) is 83.1 Å². The van der Waals surface area contributed by atoms with Crippen LogP contribution in [0.5, 0.6) is 5.75 Å². The summed E-state index contributed by atoms with van der Waals surface area (Å²) in [5, 5.41) is 3.39. The van der Waals surface area contributed by atoms with E-state index in [-0.39, 0.29) is 23.6 Å². The van der Waals surface area contributed by atoms with Crippen molar-refractivity contribution in [2.24, 2.45) is 0 Å². The van der Waals surface area contributed by atoms with Crippen LogP contribution in [0.25, 0.3) is 22.3 Å². The van der Waals surface area contributed by atoms with Gasteiger partial charge in [0.15, 0.2) is 0 Å². The maximum absolute atomic E-state index is 13.4. The first kappa shape index (κ1) is 29.3. The minimum absolute atomic E-state index is 0.0209. The van der Waals surface area contributed by atoms with Crippen LogP contribution in [0.2, 0.25) is 0 Å². The van der Waals surface area contributed by atoms with Crippen LogP contribution in [0, 0.1) is 17.5 Å². The van der Waals surface area contributed by atoms with Crippen molar-refractivity contribution in [3.63, 3.8) is 0 Å². The molecule has 6 rings (SSSR count). The second-order valence-electron chi connectivity index (χ2n) is 9.97. The van der Waals surface area contributed by atoms with Crippen LogP contribution < -0.4 is 10.1 Å². The highest BCUT2D eigenvalue weighted by atomic mass is 35.5. The number of nitrogens with one attached hydrogen (secondary N) is 1. The van der Waals surface area contributed by atoms with Crippen molar-refractivity contribution in [1.82, 2.24) is 15.3 Å². The molecule has 0 radical (unpaired) electrons. The van der Waals surface area contributed by atoms with Crippen LogP contribution >= 0.6 is 11.6 Å². The molecule has 0 amide bonds. The molecule has 8 heteroatoms. The van der Waals surface area contributed by atoms with E-state index in [0.29, 0.717) is 24.7 Å². The van der Waals surface area contributed by atoms with Crippen molar-refractivity contribution in [2.75, 3.05) is 6.54 Å². The lowest BCUT2D eigenvalue weighted by Gasteiger charge is -2.26. The summed E-state index contributed by atoms with van der Waals surface area (Å²) in [7, 11) is 0. The Morgan fingerprint density at radius 2 is 1.26 bits per heavy atom. The second kappa shape index (κ2) is 14.1. The lowest BCUT2D eigenvalue weighted by molar-refractivity contribution is 0.169. The van der Waals surface area contributed by atoms with E-state index in [9.17, 15) is 13.2 Å². The Hall–Kier alpha value is -4.20. The van der Waals surface area contributed by atoms with E-state index in [2.05, 4.69) is 15.3 Å². The number of halogens is 4. The molecule has 3 heterocycles. The fourth-order valence-electron chi connectivity index (χ4n) is 4.67. The van der Waals surface area contributed by atoms with Crippen molar-refractivity contribution >= 4 is 11.6 Å². The molecule has 0 saturated heterocycles. The number of pyridine rings is 2. The molecule has 0 saturated carbocycles. The second-order valence-corrected chi connectivity index (χ2v) is 10.2. The van der Waals surface area contributed by atoms with Gasteiger partial charge in [0.25, 0.3) is 0 Å². The highest BCUT2D eigenvalue weighted by molar-refractivity contribution is 6.17. The van der Waals surface area contributed by atoms with Crippen LogP contribution in [0.4, 0.5) is 13.2 Å². The third-order valence-electron chi connectivity index (χ3n) is 6.86. The van der Waals surface area contributed by atoms with Crippen molar-refractivity contribution in [1.29, 1.82) is 0 Å². The zero-order valence-electron chi connectivity index (χ0n) is 22.7. The number of rotatable bonds is 7. The van der Waals surface area contributed by atoms with Crippen LogP contribution in [0.3, 0.4) is 0 Å². The molecule has 4 nitrogen and oxygen atoms in total. The number of benzene rings is 3. The van der Waals surface area contributed by atoms with Crippen molar-refractivity contribution < 1.29 is 17.9 Å². The summed E-state index contributed by atoms with van der Waals surface area (Å²) in [5.41, 5.74) is 6.83. The lowest BCUT2D eigenvalue weighted by atomic mass is 10.0. The van der Waals surface area contributed by atoms with Crippen molar-refractivity contribution in [2.45, 2.75) is 31.4 Å².